The Kier molecular flexibility index (Phi) is 11.7. The van der Waals surface area contributed by atoms with Gasteiger partial charge in [0.1, 0.15) is 0 Å². The van der Waals surface area contributed by atoms with Gasteiger partial charge in [0.05, 0.1) is 23.3 Å². The number of carbonyl (C=O) groups excluding carboxylic acids is 2. The Morgan fingerprint density at radius 3 is 1.32 bits per heavy atom. The van der Waals surface area contributed by atoms with Crippen molar-refractivity contribution in [2.24, 2.45) is 11.8 Å². The molecular weight excluding hydrogens is 428 g/mol. The third-order valence-corrected chi connectivity index (χ3v) is 7.16. The lowest BCUT2D eigenvalue weighted by Gasteiger charge is -2.36. The Labute approximate surface area is 206 Å². The molecule has 0 aliphatic heterocycles. The van der Waals surface area contributed by atoms with Crippen molar-refractivity contribution in [2.75, 3.05) is 0 Å². The van der Waals surface area contributed by atoms with Gasteiger partial charge >= 0.3 is 0 Å². The minimum Gasteiger partial charge on any atom is -0.388 e. The van der Waals surface area contributed by atoms with E-state index in [1.54, 1.807) is 24.3 Å². The summed E-state index contributed by atoms with van der Waals surface area (Å²) in [7, 11) is 0. The fraction of sp³-hybridized carbons (Fsp3) is 0.714. The Balaban J connectivity index is 3.13. The van der Waals surface area contributed by atoms with Crippen molar-refractivity contribution in [1.82, 2.24) is 10.6 Å². The molecule has 6 nitrogen and oxygen atoms in total. The molecule has 2 amide bonds. The van der Waals surface area contributed by atoms with E-state index in [2.05, 4.69) is 38.3 Å². The van der Waals surface area contributed by atoms with Crippen LogP contribution in [0.2, 0.25) is 0 Å². The molecule has 0 heterocycles. The molecule has 0 aliphatic rings. The van der Waals surface area contributed by atoms with E-state index in [4.69, 9.17) is 0 Å². The van der Waals surface area contributed by atoms with Crippen LogP contribution in [0, 0.1) is 11.8 Å². The molecule has 0 saturated heterocycles. The lowest BCUT2D eigenvalue weighted by atomic mass is 9.83. The van der Waals surface area contributed by atoms with Gasteiger partial charge in [0.2, 0.25) is 0 Å². The molecule has 0 bridgehead atoms. The number of rotatable bonds is 14. The first kappa shape index (κ1) is 30.1. The number of hydrogen-bond acceptors (Lipinski definition) is 4. The average molecular weight is 477 g/mol. The maximum Gasteiger partial charge on any atom is 0.251 e. The van der Waals surface area contributed by atoms with Crippen molar-refractivity contribution in [1.29, 1.82) is 0 Å². The Morgan fingerprint density at radius 2 is 1.06 bits per heavy atom. The molecule has 0 spiro atoms. The molecule has 0 unspecified atom stereocenters. The van der Waals surface area contributed by atoms with Crippen LogP contribution >= 0.6 is 0 Å². The van der Waals surface area contributed by atoms with Crippen LogP contribution in [0.4, 0.5) is 0 Å². The second-order valence-corrected chi connectivity index (χ2v) is 10.5. The largest absolute Gasteiger partial charge is 0.388 e. The van der Waals surface area contributed by atoms with Gasteiger partial charge < -0.3 is 20.8 Å². The summed E-state index contributed by atoms with van der Waals surface area (Å²) in [6.45, 7) is 16.0. The van der Waals surface area contributed by atoms with Crippen molar-refractivity contribution in [2.45, 2.75) is 117 Å². The minimum absolute atomic E-state index is 0.306. The van der Waals surface area contributed by atoms with Crippen molar-refractivity contribution in [3.63, 3.8) is 0 Å². The zero-order chi connectivity index (χ0) is 26.1. The zero-order valence-electron chi connectivity index (χ0n) is 22.6. The fourth-order valence-corrected chi connectivity index (χ4v) is 4.54. The molecule has 6 heteroatoms. The van der Waals surface area contributed by atoms with Gasteiger partial charge in [-0.2, -0.15) is 0 Å². The van der Waals surface area contributed by atoms with Gasteiger partial charge in [-0.15, -0.1) is 0 Å². The van der Waals surface area contributed by atoms with Crippen LogP contribution in [0.1, 0.15) is 115 Å². The molecule has 0 fully saturated rings. The predicted octanol–water partition coefficient (Wildman–Crippen LogP) is 5.08. The molecule has 0 aliphatic carbocycles. The van der Waals surface area contributed by atoms with E-state index in [-0.39, 0.29) is 23.9 Å². The van der Waals surface area contributed by atoms with Gasteiger partial charge in [-0.3, -0.25) is 9.59 Å². The first-order valence-corrected chi connectivity index (χ1v) is 13.0. The van der Waals surface area contributed by atoms with Gasteiger partial charge in [0, 0.05) is 11.1 Å². The molecule has 0 aromatic heterocycles. The van der Waals surface area contributed by atoms with E-state index in [1.807, 2.05) is 27.7 Å². The lowest BCUT2D eigenvalue weighted by molar-refractivity contribution is -0.0111. The quantitative estimate of drug-likeness (QED) is 0.301. The summed E-state index contributed by atoms with van der Waals surface area (Å²) >= 11 is 0. The van der Waals surface area contributed by atoms with E-state index in [1.165, 1.54) is 0 Å². The molecule has 194 valence electrons. The van der Waals surface area contributed by atoms with Crippen molar-refractivity contribution < 1.29 is 19.8 Å². The summed E-state index contributed by atoms with van der Waals surface area (Å²) in [6, 6.07) is 5.86. The van der Waals surface area contributed by atoms with Crippen LogP contribution in [-0.4, -0.2) is 45.3 Å². The lowest BCUT2D eigenvalue weighted by Crippen LogP contribution is -2.53. The highest BCUT2D eigenvalue weighted by molar-refractivity contribution is 5.99. The van der Waals surface area contributed by atoms with Gasteiger partial charge in [-0.25, -0.2) is 0 Å². The average Bonchev–Trinajstić information content (AvgIpc) is 2.81. The van der Waals surface area contributed by atoms with Crippen molar-refractivity contribution in [3.05, 3.63) is 35.4 Å². The number of hydrogen-bond donors (Lipinski definition) is 4. The summed E-state index contributed by atoms with van der Waals surface area (Å²) in [5, 5.41) is 28.2. The third kappa shape index (κ3) is 8.09. The van der Waals surface area contributed by atoms with Crippen molar-refractivity contribution >= 4 is 11.8 Å². The number of carbonyl (C=O) groups is 2. The molecule has 0 radical (unpaired) electrons. The number of aliphatic hydroxyl groups is 2. The molecular formula is C28H48N2O4. The highest BCUT2D eigenvalue weighted by Gasteiger charge is 2.36. The summed E-state index contributed by atoms with van der Waals surface area (Å²) in [6.07, 6.45) is 3.48. The van der Waals surface area contributed by atoms with E-state index in [0.717, 1.165) is 0 Å². The molecule has 0 saturated carbocycles. The molecule has 2 atom stereocenters. The summed E-state index contributed by atoms with van der Waals surface area (Å²) in [4.78, 5) is 26.2. The Bertz CT molecular complexity index is 721. The maximum atomic E-state index is 13.1. The third-order valence-electron chi connectivity index (χ3n) is 7.16. The maximum absolute atomic E-state index is 13.1. The van der Waals surface area contributed by atoms with Crippen LogP contribution in [0.25, 0.3) is 0 Å². The highest BCUT2D eigenvalue weighted by atomic mass is 16.3. The standard InChI is InChI=1S/C28H48N2O4/c1-9-27(33,10-2)23(16-19(5)6)29-25(31)21-14-13-15-22(18-21)26(32)30-24(17-20(7)8)28(34,11-3)12-4/h13-15,18-20,23-24,33-34H,9-12,16-17H2,1-8H3,(H,29,31)(H,30,32)/t23-,24-/m0/s1. The second kappa shape index (κ2) is 13.2. The van der Waals surface area contributed by atoms with Crippen LogP contribution in [-0.2, 0) is 0 Å². The number of nitrogens with one attached hydrogen (secondary N) is 2. The summed E-state index contributed by atoms with van der Waals surface area (Å²) in [5.41, 5.74) is -1.22. The van der Waals surface area contributed by atoms with E-state index >= 15 is 0 Å². The topological polar surface area (TPSA) is 98.7 Å². The normalized spacial score (nSPS) is 14.2. The SMILES string of the molecule is CCC(O)(CC)[C@H](CC(C)C)NC(=O)c1cccc(C(=O)N[C@@H](CC(C)C)C(O)(CC)CC)c1. The van der Waals surface area contributed by atoms with E-state index < -0.39 is 11.2 Å². The molecule has 1 aromatic carbocycles. The number of amides is 2. The van der Waals surface area contributed by atoms with Crippen LogP contribution in [0.15, 0.2) is 24.3 Å². The number of benzene rings is 1. The minimum atomic E-state index is -0.982. The summed E-state index contributed by atoms with van der Waals surface area (Å²) < 4.78 is 0. The van der Waals surface area contributed by atoms with Crippen LogP contribution < -0.4 is 10.6 Å². The first-order valence-electron chi connectivity index (χ1n) is 13.0. The van der Waals surface area contributed by atoms with E-state index in [9.17, 15) is 19.8 Å². The smallest absolute Gasteiger partial charge is 0.251 e. The molecule has 1 aromatic rings. The van der Waals surface area contributed by atoms with Crippen LogP contribution in [0.3, 0.4) is 0 Å². The van der Waals surface area contributed by atoms with Gasteiger partial charge in [0.25, 0.3) is 11.8 Å². The molecule has 1 rings (SSSR count). The van der Waals surface area contributed by atoms with Gasteiger partial charge in [-0.1, -0.05) is 61.5 Å². The second-order valence-electron chi connectivity index (χ2n) is 10.5. The highest BCUT2D eigenvalue weighted by Crippen LogP contribution is 2.26. The Hall–Kier alpha value is -1.92. The van der Waals surface area contributed by atoms with Crippen LogP contribution in [0.5, 0.6) is 0 Å². The fourth-order valence-electron chi connectivity index (χ4n) is 4.54. The predicted molar refractivity (Wildman–Crippen MR) is 139 cm³/mol. The first-order chi connectivity index (χ1) is 15.8. The van der Waals surface area contributed by atoms with E-state index in [0.29, 0.717) is 61.5 Å². The zero-order valence-corrected chi connectivity index (χ0v) is 22.6. The van der Waals surface area contributed by atoms with Gasteiger partial charge in [0.15, 0.2) is 0 Å². The summed E-state index contributed by atoms with van der Waals surface area (Å²) in [5.74, 6) is -0.00225. The van der Waals surface area contributed by atoms with Crippen molar-refractivity contribution in [3.8, 4) is 0 Å². The monoisotopic (exact) mass is 476 g/mol. The molecule has 34 heavy (non-hydrogen) atoms. The van der Waals surface area contributed by atoms with Gasteiger partial charge in [-0.05, 0) is 68.6 Å². The Morgan fingerprint density at radius 1 is 0.735 bits per heavy atom. The molecule has 4 N–H and O–H groups in total.